The highest BCUT2D eigenvalue weighted by Gasteiger charge is 2.33. The van der Waals surface area contributed by atoms with Gasteiger partial charge in [-0.15, -0.1) is 0 Å². The van der Waals surface area contributed by atoms with Crippen LogP contribution in [-0.4, -0.2) is 61.2 Å². The molecule has 1 amide bonds. The van der Waals surface area contributed by atoms with Crippen molar-refractivity contribution in [3.63, 3.8) is 0 Å². The Hall–Kier alpha value is -2.36. The highest BCUT2D eigenvalue weighted by molar-refractivity contribution is 6.33. The lowest BCUT2D eigenvalue weighted by molar-refractivity contribution is -0.137. The normalized spacial score (nSPS) is 20.4. The van der Waals surface area contributed by atoms with E-state index in [1.807, 2.05) is 23.1 Å². The van der Waals surface area contributed by atoms with Gasteiger partial charge in [-0.25, -0.2) is 4.98 Å². The van der Waals surface area contributed by atoms with Crippen molar-refractivity contribution < 1.29 is 22.7 Å². The summed E-state index contributed by atoms with van der Waals surface area (Å²) in [5, 5.41) is 2.99. The molecule has 4 rings (SSSR count). The van der Waals surface area contributed by atoms with Crippen molar-refractivity contribution in [1.82, 2.24) is 15.2 Å². The first kappa shape index (κ1) is 24.8. The number of carbonyl (C=O) groups is 1. The van der Waals surface area contributed by atoms with Crippen LogP contribution in [-0.2, 0) is 22.3 Å². The van der Waals surface area contributed by atoms with Crippen LogP contribution in [0.4, 0.5) is 19.0 Å². The van der Waals surface area contributed by atoms with Gasteiger partial charge in [0, 0.05) is 51.4 Å². The molecular formula is C24H28ClF3N4O2. The van der Waals surface area contributed by atoms with Gasteiger partial charge in [0.2, 0.25) is 5.91 Å². The smallest absolute Gasteiger partial charge is 0.374 e. The summed E-state index contributed by atoms with van der Waals surface area (Å²) >= 11 is 6.06. The summed E-state index contributed by atoms with van der Waals surface area (Å²) < 4.78 is 44.4. The Kier molecular flexibility index (Phi) is 7.95. The second-order valence-corrected chi connectivity index (χ2v) is 9.15. The van der Waals surface area contributed by atoms with Crippen molar-refractivity contribution in [3.8, 4) is 0 Å². The SMILES string of the molecule is O=C(NCC1CN(Cc2ccccc2)CCO1)C1CCN(c2ncc(C(F)(F)F)cc2Cl)CC1. The standard InChI is InChI=1S/C24H28ClF3N4O2/c25-21-12-19(24(26,27)28)13-29-22(21)32-8-6-18(7-9-32)23(33)30-14-20-16-31(10-11-34-20)15-17-4-2-1-3-5-17/h1-5,12-13,18,20H,6-11,14-16H2,(H,30,33). The van der Waals surface area contributed by atoms with Gasteiger partial charge in [0.05, 0.1) is 23.3 Å². The van der Waals surface area contributed by atoms with Gasteiger partial charge in [0.15, 0.2) is 0 Å². The number of aromatic nitrogens is 1. The molecule has 1 N–H and O–H groups in total. The number of hydrogen-bond acceptors (Lipinski definition) is 5. The number of rotatable bonds is 6. The molecule has 0 saturated carbocycles. The largest absolute Gasteiger partial charge is 0.417 e. The topological polar surface area (TPSA) is 57.7 Å². The molecule has 2 saturated heterocycles. The van der Waals surface area contributed by atoms with E-state index in [0.29, 0.717) is 44.9 Å². The maximum atomic E-state index is 12.8. The summed E-state index contributed by atoms with van der Waals surface area (Å²) in [6.07, 6.45) is -2.59. The second-order valence-electron chi connectivity index (χ2n) is 8.75. The number of piperidine rings is 1. The van der Waals surface area contributed by atoms with Crippen LogP contribution in [0, 0.1) is 5.92 Å². The molecule has 184 valence electrons. The molecule has 0 aliphatic carbocycles. The predicted octanol–water partition coefficient (Wildman–Crippen LogP) is 3.99. The van der Waals surface area contributed by atoms with E-state index in [4.69, 9.17) is 16.3 Å². The molecule has 10 heteroatoms. The molecule has 2 aromatic rings. The number of anilines is 1. The van der Waals surface area contributed by atoms with E-state index >= 15 is 0 Å². The summed E-state index contributed by atoms with van der Waals surface area (Å²) in [7, 11) is 0. The van der Waals surface area contributed by atoms with E-state index in [1.165, 1.54) is 5.56 Å². The number of halogens is 4. The second kappa shape index (κ2) is 10.9. The highest BCUT2D eigenvalue weighted by atomic mass is 35.5. The number of amides is 1. The molecule has 2 aliphatic heterocycles. The van der Waals surface area contributed by atoms with E-state index in [9.17, 15) is 18.0 Å². The fourth-order valence-electron chi connectivity index (χ4n) is 4.42. The third kappa shape index (κ3) is 6.40. The van der Waals surface area contributed by atoms with E-state index < -0.39 is 11.7 Å². The predicted molar refractivity (Wildman–Crippen MR) is 124 cm³/mol. The van der Waals surface area contributed by atoms with E-state index in [0.717, 1.165) is 31.9 Å². The average Bonchev–Trinajstić information content (AvgIpc) is 2.83. The van der Waals surface area contributed by atoms with Gasteiger partial charge in [0.25, 0.3) is 0 Å². The summed E-state index contributed by atoms with van der Waals surface area (Å²) in [5.74, 6) is 0.144. The molecule has 34 heavy (non-hydrogen) atoms. The summed E-state index contributed by atoms with van der Waals surface area (Å²) in [6.45, 7) is 4.56. The van der Waals surface area contributed by atoms with Crippen LogP contribution in [0.5, 0.6) is 0 Å². The molecule has 6 nitrogen and oxygen atoms in total. The average molecular weight is 497 g/mol. The number of nitrogens with one attached hydrogen (secondary N) is 1. The van der Waals surface area contributed by atoms with Crippen molar-refractivity contribution in [2.75, 3.05) is 44.2 Å². The quantitative estimate of drug-likeness (QED) is 0.655. The number of benzene rings is 1. The van der Waals surface area contributed by atoms with Gasteiger partial charge in [0.1, 0.15) is 5.82 Å². The van der Waals surface area contributed by atoms with Gasteiger partial charge in [-0.2, -0.15) is 13.2 Å². The van der Waals surface area contributed by atoms with Crippen LogP contribution >= 0.6 is 11.6 Å². The van der Waals surface area contributed by atoms with E-state index in [2.05, 4.69) is 27.3 Å². The third-order valence-corrected chi connectivity index (χ3v) is 6.57. The number of ether oxygens (including phenoxy) is 1. The first-order chi connectivity index (χ1) is 16.3. The lowest BCUT2D eigenvalue weighted by Gasteiger charge is -2.34. The van der Waals surface area contributed by atoms with E-state index in [1.54, 1.807) is 0 Å². The maximum absolute atomic E-state index is 12.8. The Morgan fingerprint density at radius 2 is 1.91 bits per heavy atom. The lowest BCUT2D eigenvalue weighted by Crippen LogP contribution is -2.48. The summed E-state index contributed by atoms with van der Waals surface area (Å²) in [4.78, 5) is 20.8. The molecule has 1 atom stereocenters. The zero-order valence-corrected chi connectivity index (χ0v) is 19.5. The van der Waals surface area contributed by atoms with Gasteiger partial charge >= 0.3 is 6.18 Å². The number of alkyl halides is 3. The number of carbonyl (C=O) groups excluding carboxylic acids is 1. The van der Waals surface area contributed by atoms with Crippen molar-refractivity contribution in [3.05, 3.63) is 58.7 Å². The minimum absolute atomic E-state index is 0.0186. The van der Waals surface area contributed by atoms with Gasteiger partial charge in [-0.1, -0.05) is 41.9 Å². The minimum Gasteiger partial charge on any atom is -0.374 e. The molecule has 1 aromatic carbocycles. The zero-order chi connectivity index (χ0) is 24.1. The Balaban J connectivity index is 1.22. The van der Waals surface area contributed by atoms with Crippen molar-refractivity contribution in [1.29, 1.82) is 0 Å². The van der Waals surface area contributed by atoms with Gasteiger partial charge in [-0.05, 0) is 24.5 Å². The van der Waals surface area contributed by atoms with Crippen LogP contribution in [0.25, 0.3) is 0 Å². The highest BCUT2D eigenvalue weighted by Crippen LogP contribution is 2.34. The monoisotopic (exact) mass is 496 g/mol. The van der Waals surface area contributed by atoms with Crippen LogP contribution in [0.2, 0.25) is 5.02 Å². The number of nitrogens with zero attached hydrogens (tertiary/aromatic N) is 3. The maximum Gasteiger partial charge on any atom is 0.417 e. The fourth-order valence-corrected chi connectivity index (χ4v) is 4.71. The molecule has 1 unspecified atom stereocenters. The number of pyridine rings is 1. The Labute approximate surface area is 202 Å². The van der Waals surface area contributed by atoms with Crippen LogP contribution in [0.1, 0.15) is 24.0 Å². The van der Waals surface area contributed by atoms with Crippen LogP contribution in [0.3, 0.4) is 0 Å². The fraction of sp³-hybridized carbons (Fsp3) is 0.500. The molecule has 0 bridgehead atoms. The van der Waals surface area contributed by atoms with Crippen molar-refractivity contribution >= 4 is 23.3 Å². The van der Waals surface area contributed by atoms with Gasteiger partial charge in [-0.3, -0.25) is 9.69 Å². The van der Waals surface area contributed by atoms with Crippen LogP contribution in [0.15, 0.2) is 42.6 Å². The molecule has 3 heterocycles. The molecular weight excluding hydrogens is 469 g/mol. The third-order valence-electron chi connectivity index (χ3n) is 6.29. The molecule has 0 spiro atoms. The summed E-state index contributed by atoms with van der Waals surface area (Å²) in [5.41, 5.74) is 0.379. The Morgan fingerprint density at radius 1 is 1.18 bits per heavy atom. The van der Waals surface area contributed by atoms with Crippen LogP contribution < -0.4 is 10.2 Å². The number of morpholine rings is 1. The number of hydrogen-bond donors (Lipinski definition) is 1. The first-order valence-electron chi connectivity index (χ1n) is 11.4. The molecule has 1 aromatic heterocycles. The molecule has 2 fully saturated rings. The minimum atomic E-state index is -4.49. The zero-order valence-electron chi connectivity index (χ0n) is 18.7. The Morgan fingerprint density at radius 3 is 2.59 bits per heavy atom. The van der Waals surface area contributed by atoms with E-state index in [-0.39, 0.29) is 23.0 Å². The van der Waals surface area contributed by atoms with Gasteiger partial charge < -0.3 is 15.0 Å². The van der Waals surface area contributed by atoms with Crippen molar-refractivity contribution in [2.24, 2.45) is 5.92 Å². The first-order valence-corrected chi connectivity index (χ1v) is 11.8. The molecule has 2 aliphatic rings. The summed E-state index contributed by atoms with van der Waals surface area (Å²) in [6, 6.07) is 11.2. The van der Waals surface area contributed by atoms with Crippen molar-refractivity contribution in [2.45, 2.75) is 31.7 Å². The lowest BCUT2D eigenvalue weighted by atomic mass is 9.95. The Bertz CT molecular complexity index is 968. The molecule has 0 radical (unpaired) electrons.